The molecule has 1 radical (unpaired) electrons. The first-order valence-electron chi connectivity index (χ1n) is 2.38. The maximum absolute atomic E-state index is 10.2. The maximum Gasteiger partial charge on any atom is 0.270 e. The minimum atomic E-state index is -0.866. The van der Waals surface area contributed by atoms with E-state index >= 15 is 0 Å². The molecule has 0 spiro atoms. The van der Waals surface area contributed by atoms with Crippen molar-refractivity contribution in [2.45, 2.75) is 18.9 Å². The summed E-state index contributed by atoms with van der Waals surface area (Å²) >= 11 is 0. The van der Waals surface area contributed by atoms with Gasteiger partial charge in [0.15, 0.2) is 0 Å². The Morgan fingerprint density at radius 3 is 2.22 bits per heavy atom. The molecule has 1 rings (SSSR count). The fourth-order valence-corrected chi connectivity index (χ4v) is 0.614. The quantitative estimate of drug-likeness (QED) is 0.293. The summed E-state index contributed by atoms with van der Waals surface area (Å²) in [5.74, 6) is -0.227. The Kier molecular flexibility index (Phi) is 4.07. The van der Waals surface area contributed by atoms with Crippen LogP contribution in [0.3, 0.4) is 0 Å². The Hall–Kier alpha value is 0.706. The van der Waals surface area contributed by atoms with E-state index in [4.69, 9.17) is 0 Å². The smallest absolute Gasteiger partial charge is 0.270 e. The summed E-state index contributed by atoms with van der Waals surface area (Å²) in [6.45, 7) is 0. The average Bonchev–Trinajstić information content (AvgIpc) is 1.61. The van der Waals surface area contributed by atoms with Crippen LogP contribution in [0.15, 0.2) is 0 Å². The molecule has 0 aromatic heterocycles. The zero-order chi connectivity index (χ0) is 6.15. The van der Waals surface area contributed by atoms with E-state index in [1.54, 1.807) is 0 Å². The first-order valence-corrected chi connectivity index (χ1v) is 2.38. The second-order valence-electron chi connectivity index (χ2n) is 1.81. The van der Waals surface area contributed by atoms with Crippen LogP contribution >= 0.6 is 0 Å². The van der Waals surface area contributed by atoms with Crippen LogP contribution in [0.5, 0.6) is 0 Å². The molecule has 1 fully saturated rings. The molecule has 0 bridgehead atoms. The van der Waals surface area contributed by atoms with Gasteiger partial charge in [0.05, 0.1) is 0 Å². The summed E-state index contributed by atoms with van der Waals surface area (Å²) in [6, 6.07) is -0.866. The van der Waals surface area contributed by atoms with Gasteiger partial charge in [-0.1, -0.05) is 0 Å². The van der Waals surface area contributed by atoms with Crippen molar-refractivity contribution in [2.75, 3.05) is 0 Å². The van der Waals surface area contributed by atoms with Crippen molar-refractivity contribution in [3.63, 3.8) is 0 Å². The van der Waals surface area contributed by atoms with E-state index in [-0.39, 0.29) is 57.2 Å². The number of hydrogen-bond donors (Lipinski definition) is 0. The Morgan fingerprint density at radius 2 is 2.22 bits per heavy atom. The molecule has 9 heavy (non-hydrogen) atoms. The number of ketones is 1. The Balaban J connectivity index is 0.000000640. The van der Waals surface area contributed by atoms with Crippen LogP contribution in [0.2, 0.25) is 0 Å². The van der Waals surface area contributed by atoms with Crippen molar-refractivity contribution in [1.82, 2.24) is 0 Å². The molecule has 0 amide bonds. The number of carbonyl (C=O) groups excluding carboxylic acids is 1. The molecule has 45 valence electrons. The SMILES string of the molecule is O=C1CCC1[N+](=O)[O-].[K]. The zero-order valence-corrected chi connectivity index (χ0v) is 8.29. The van der Waals surface area contributed by atoms with Gasteiger partial charge in [-0.3, -0.25) is 14.9 Å². The van der Waals surface area contributed by atoms with Gasteiger partial charge in [-0.25, -0.2) is 0 Å². The monoisotopic (exact) mass is 154 g/mol. The summed E-state index contributed by atoms with van der Waals surface area (Å²) in [7, 11) is 0. The van der Waals surface area contributed by atoms with Crippen LogP contribution in [0.1, 0.15) is 12.8 Å². The van der Waals surface area contributed by atoms with Gasteiger partial charge in [-0.2, -0.15) is 0 Å². The van der Waals surface area contributed by atoms with Crippen molar-refractivity contribution in [3.05, 3.63) is 10.1 Å². The normalized spacial score (nSPS) is 24.0. The van der Waals surface area contributed by atoms with Crippen LogP contribution < -0.4 is 0 Å². The second kappa shape index (κ2) is 3.77. The standard InChI is InChI=1S/C4H5NO3.K/c6-4-2-1-3(4)5(7)8;/h3H,1-2H2;. The number of nitro groups is 1. The average molecular weight is 154 g/mol. The van der Waals surface area contributed by atoms with Crippen LogP contribution in [0.4, 0.5) is 0 Å². The van der Waals surface area contributed by atoms with Gasteiger partial charge in [0.25, 0.3) is 6.04 Å². The molecule has 0 N–H and O–H groups in total. The first-order chi connectivity index (χ1) is 3.72. The molecule has 1 saturated carbocycles. The third-order valence-corrected chi connectivity index (χ3v) is 1.29. The van der Waals surface area contributed by atoms with Gasteiger partial charge < -0.3 is 0 Å². The topological polar surface area (TPSA) is 60.2 Å². The molecule has 1 unspecified atom stereocenters. The summed E-state index contributed by atoms with van der Waals surface area (Å²) in [6.07, 6.45) is 0.831. The van der Waals surface area contributed by atoms with Crippen molar-refractivity contribution < 1.29 is 9.72 Å². The molecule has 5 heteroatoms. The van der Waals surface area contributed by atoms with Gasteiger partial charge >= 0.3 is 0 Å². The van der Waals surface area contributed by atoms with E-state index in [0.29, 0.717) is 12.8 Å². The molecule has 0 saturated heterocycles. The van der Waals surface area contributed by atoms with E-state index < -0.39 is 11.0 Å². The summed E-state index contributed by atoms with van der Waals surface area (Å²) in [5, 5.41) is 9.78. The van der Waals surface area contributed by atoms with Gasteiger partial charge in [0.2, 0.25) is 5.78 Å². The first kappa shape index (κ1) is 9.71. The van der Waals surface area contributed by atoms with Gasteiger partial charge in [-0.15, -0.1) is 0 Å². The van der Waals surface area contributed by atoms with Crippen molar-refractivity contribution in [3.8, 4) is 0 Å². The van der Waals surface area contributed by atoms with Crippen molar-refractivity contribution >= 4 is 57.2 Å². The van der Waals surface area contributed by atoms with E-state index in [2.05, 4.69) is 0 Å². The number of carbonyl (C=O) groups is 1. The molecule has 0 heterocycles. The fraction of sp³-hybridized carbons (Fsp3) is 0.750. The van der Waals surface area contributed by atoms with E-state index in [1.807, 2.05) is 0 Å². The predicted molar refractivity (Wildman–Crippen MR) is 30.8 cm³/mol. The number of rotatable bonds is 1. The molecular formula is C4H5KNO3. The summed E-state index contributed by atoms with van der Waals surface area (Å²) in [5.41, 5.74) is 0. The molecular weight excluding hydrogens is 149 g/mol. The van der Waals surface area contributed by atoms with Gasteiger partial charge in [-0.05, 0) is 0 Å². The predicted octanol–water partition coefficient (Wildman–Crippen LogP) is -0.386. The number of nitrogens with zero attached hydrogens (tertiary/aromatic N) is 1. The Bertz CT molecular complexity index is 139. The number of Topliss-reactive ketones (excluding diaryl/α,β-unsaturated/α-hetero) is 1. The summed E-state index contributed by atoms with van der Waals surface area (Å²) < 4.78 is 0. The van der Waals surface area contributed by atoms with Crippen LogP contribution in [0, 0.1) is 10.1 Å². The van der Waals surface area contributed by atoms with Crippen LogP contribution in [-0.4, -0.2) is 68.1 Å². The second-order valence-corrected chi connectivity index (χ2v) is 1.81. The molecule has 0 aromatic rings. The molecule has 0 aromatic carbocycles. The summed E-state index contributed by atoms with van der Waals surface area (Å²) in [4.78, 5) is 19.5. The van der Waals surface area contributed by atoms with Gasteiger partial charge in [0, 0.05) is 69.1 Å². The molecule has 1 aliphatic carbocycles. The van der Waals surface area contributed by atoms with Gasteiger partial charge in [0.1, 0.15) is 0 Å². The minimum Gasteiger partial charge on any atom is -0.292 e. The largest absolute Gasteiger partial charge is 0.292 e. The van der Waals surface area contributed by atoms with Crippen molar-refractivity contribution in [2.24, 2.45) is 0 Å². The van der Waals surface area contributed by atoms with E-state index in [9.17, 15) is 14.9 Å². The third kappa shape index (κ3) is 2.08. The van der Waals surface area contributed by atoms with Crippen LogP contribution in [0.25, 0.3) is 0 Å². The molecule has 0 aliphatic heterocycles. The molecule has 4 nitrogen and oxygen atoms in total. The van der Waals surface area contributed by atoms with Crippen molar-refractivity contribution in [1.29, 1.82) is 0 Å². The van der Waals surface area contributed by atoms with Crippen LogP contribution in [-0.2, 0) is 4.79 Å². The fourth-order valence-electron chi connectivity index (χ4n) is 0.614. The Labute approximate surface area is 94.6 Å². The zero-order valence-electron chi connectivity index (χ0n) is 5.16. The Morgan fingerprint density at radius 1 is 1.67 bits per heavy atom. The number of hydrogen-bond acceptors (Lipinski definition) is 3. The van der Waals surface area contributed by atoms with E-state index in [0.717, 1.165) is 0 Å². The molecule has 1 aliphatic rings. The minimum absolute atomic E-state index is 0. The maximum atomic E-state index is 10.2. The molecule has 1 atom stereocenters. The van der Waals surface area contributed by atoms with E-state index in [1.165, 1.54) is 0 Å². The third-order valence-electron chi connectivity index (χ3n) is 1.29.